The minimum atomic E-state index is 0.529. The van der Waals surface area contributed by atoms with Crippen molar-refractivity contribution in [2.75, 3.05) is 7.05 Å². The molecule has 1 aromatic carbocycles. The fourth-order valence-electron chi connectivity index (χ4n) is 1.87. The van der Waals surface area contributed by atoms with Gasteiger partial charge in [-0.1, -0.05) is 22.9 Å². The molecule has 0 unspecified atom stereocenters. The highest BCUT2D eigenvalue weighted by atomic mass is 79.9. The Morgan fingerprint density at radius 1 is 1.40 bits per heavy atom. The second-order valence-corrected chi connectivity index (χ2v) is 6.35. The van der Waals surface area contributed by atoms with E-state index < -0.39 is 0 Å². The molecule has 2 aromatic rings. The van der Waals surface area contributed by atoms with E-state index >= 15 is 0 Å². The average Bonchev–Trinajstić information content (AvgIpc) is 2.88. The van der Waals surface area contributed by atoms with Gasteiger partial charge in [0.15, 0.2) is 0 Å². The number of hydrogen-bond acceptors (Lipinski definition) is 4. The van der Waals surface area contributed by atoms with Gasteiger partial charge in [-0.3, -0.25) is 0 Å². The summed E-state index contributed by atoms with van der Waals surface area (Å²) in [4.78, 5) is 4.56. The highest BCUT2D eigenvalue weighted by molar-refractivity contribution is 9.10. The Hall–Kier alpha value is -0.910. The maximum absolute atomic E-state index is 5.82. The second kappa shape index (κ2) is 7.76. The van der Waals surface area contributed by atoms with Crippen LogP contribution in [0.1, 0.15) is 29.6 Å². The molecule has 0 spiro atoms. The van der Waals surface area contributed by atoms with Gasteiger partial charge in [-0.15, -0.1) is 11.3 Å². The summed E-state index contributed by atoms with van der Waals surface area (Å²) in [6.45, 7) is 3.51. The van der Waals surface area contributed by atoms with Crippen LogP contribution in [0.5, 0.6) is 5.75 Å². The summed E-state index contributed by atoms with van der Waals surface area (Å²) in [6, 6.07) is 6.05. The highest BCUT2D eigenvalue weighted by Crippen LogP contribution is 2.23. The van der Waals surface area contributed by atoms with E-state index in [0.29, 0.717) is 6.61 Å². The Morgan fingerprint density at radius 3 is 3.00 bits per heavy atom. The lowest BCUT2D eigenvalue weighted by Crippen LogP contribution is -2.06. The van der Waals surface area contributed by atoms with Gasteiger partial charge in [0.2, 0.25) is 0 Å². The molecule has 108 valence electrons. The molecule has 0 radical (unpaired) electrons. The molecule has 20 heavy (non-hydrogen) atoms. The molecule has 0 fully saturated rings. The Morgan fingerprint density at radius 2 is 2.25 bits per heavy atom. The lowest BCUT2D eigenvalue weighted by molar-refractivity contribution is 0.301. The van der Waals surface area contributed by atoms with Crippen molar-refractivity contribution >= 4 is 27.3 Å². The van der Waals surface area contributed by atoms with Crippen molar-refractivity contribution in [2.24, 2.45) is 0 Å². The number of halogens is 1. The molecule has 1 aromatic heterocycles. The molecular weight excluding hydrogens is 336 g/mol. The van der Waals surface area contributed by atoms with Gasteiger partial charge < -0.3 is 10.1 Å². The Bertz CT molecular complexity index is 557. The van der Waals surface area contributed by atoms with Gasteiger partial charge in [-0.2, -0.15) is 0 Å². The predicted octanol–water partition coefficient (Wildman–Crippen LogP) is 4.16. The number of thiazole rings is 1. The predicted molar refractivity (Wildman–Crippen MR) is 87.3 cm³/mol. The fourth-order valence-corrected chi connectivity index (χ4v) is 3.14. The van der Waals surface area contributed by atoms with E-state index in [1.807, 2.05) is 19.2 Å². The van der Waals surface area contributed by atoms with Gasteiger partial charge in [0.25, 0.3) is 0 Å². The number of ether oxygens (including phenoxy) is 1. The summed E-state index contributed by atoms with van der Waals surface area (Å²) in [7, 11) is 1.94. The van der Waals surface area contributed by atoms with Crippen LogP contribution in [0.3, 0.4) is 0 Å². The average molecular weight is 355 g/mol. The first kappa shape index (κ1) is 15.5. The molecular formula is C15H19BrN2OS. The van der Waals surface area contributed by atoms with Crippen LogP contribution in [0.2, 0.25) is 0 Å². The first-order valence-electron chi connectivity index (χ1n) is 6.72. The quantitative estimate of drug-likeness (QED) is 0.810. The lowest BCUT2D eigenvalue weighted by Gasteiger charge is -2.08. The summed E-state index contributed by atoms with van der Waals surface area (Å²) in [5.41, 5.74) is 2.20. The first-order chi connectivity index (χ1) is 9.72. The summed E-state index contributed by atoms with van der Waals surface area (Å²) in [5, 5.41) is 6.42. The molecule has 0 saturated heterocycles. The summed E-state index contributed by atoms with van der Waals surface area (Å²) >= 11 is 5.26. The number of hydrogen-bond donors (Lipinski definition) is 1. The monoisotopic (exact) mass is 354 g/mol. The Balaban J connectivity index is 1.97. The molecule has 1 heterocycles. The topological polar surface area (TPSA) is 34.1 Å². The summed E-state index contributed by atoms with van der Waals surface area (Å²) < 4.78 is 6.92. The van der Waals surface area contributed by atoms with Crippen molar-refractivity contribution in [2.45, 2.75) is 32.9 Å². The maximum atomic E-state index is 5.82. The van der Waals surface area contributed by atoms with Crippen LogP contribution in [0, 0.1) is 0 Å². The van der Waals surface area contributed by atoms with Crippen LogP contribution >= 0.6 is 27.3 Å². The second-order valence-electron chi connectivity index (χ2n) is 4.55. The van der Waals surface area contributed by atoms with Crippen molar-refractivity contribution in [3.8, 4) is 5.75 Å². The molecule has 0 aliphatic heterocycles. The first-order valence-corrected chi connectivity index (χ1v) is 8.39. The number of nitrogens with one attached hydrogen (secondary N) is 1. The number of benzene rings is 1. The van der Waals surface area contributed by atoms with Gasteiger partial charge in [0.05, 0.1) is 10.7 Å². The van der Waals surface area contributed by atoms with Gasteiger partial charge in [-0.25, -0.2) is 4.98 Å². The minimum Gasteiger partial charge on any atom is -0.487 e. The van der Waals surface area contributed by atoms with Crippen molar-refractivity contribution in [1.29, 1.82) is 0 Å². The standard InChI is InChI=1S/C15H19BrN2OS/c1-3-4-15-18-12(10-20-15)9-19-13-5-6-14(16)11(7-13)8-17-2/h5-7,10,17H,3-4,8-9H2,1-2H3. The minimum absolute atomic E-state index is 0.529. The van der Waals surface area contributed by atoms with Crippen molar-refractivity contribution in [1.82, 2.24) is 10.3 Å². The molecule has 5 heteroatoms. The third kappa shape index (κ3) is 4.30. The van der Waals surface area contributed by atoms with Gasteiger partial charge in [0.1, 0.15) is 12.4 Å². The fraction of sp³-hybridized carbons (Fsp3) is 0.400. The molecule has 3 nitrogen and oxygen atoms in total. The molecule has 2 rings (SSSR count). The van der Waals surface area contributed by atoms with Crippen LogP contribution in [0.4, 0.5) is 0 Å². The molecule has 1 N–H and O–H groups in total. The Kier molecular flexibility index (Phi) is 6.01. The van der Waals surface area contributed by atoms with Crippen LogP contribution in [0.15, 0.2) is 28.1 Å². The van der Waals surface area contributed by atoms with Crippen LogP contribution in [-0.2, 0) is 19.6 Å². The van der Waals surface area contributed by atoms with Crippen molar-refractivity contribution in [3.63, 3.8) is 0 Å². The van der Waals surface area contributed by atoms with E-state index in [1.54, 1.807) is 11.3 Å². The molecule has 0 amide bonds. The number of rotatable bonds is 7. The molecule has 0 atom stereocenters. The number of aryl methyl sites for hydroxylation is 1. The van der Waals surface area contributed by atoms with Gasteiger partial charge >= 0.3 is 0 Å². The molecule has 0 bridgehead atoms. The molecule has 0 saturated carbocycles. The molecule has 0 aliphatic rings. The maximum Gasteiger partial charge on any atom is 0.131 e. The van der Waals surface area contributed by atoms with Crippen molar-refractivity contribution in [3.05, 3.63) is 44.3 Å². The lowest BCUT2D eigenvalue weighted by atomic mass is 10.2. The summed E-state index contributed by atoms with van der Waals surface area (Å²) in [5.74, 6) is 0.878. The van der Waals surface area contributed by atoms with E-state index in [2.05, 4.69) is 44.6 Å². The zero-order chi connectivity index (χ0) is 14.4. The zero-order valence-corrected chi connectivity index (χ0v) is 14.2. The third-order valence-electron chi connectivity index (χ3n) is 2.83. The van der Waals surface area contributed by atoms with Crippen LogP contribution < -0.4 is 10.1 Å². The highest BCUT2D eigenvalue weighted by Gasteiger charge is 2.05. The van der Waals surface area contributed by atoms with E-state index in [1.165, 1.54) is 10.6 Å². The van der Waals surface area contributed by atoms with Gasteiger partial charge in [0, 0.05) is 16.4 Å². The molecule has 0 aliphatic carbocycles. The van der Waals surface area contributed by atoms with Crippen LogP contribution in [0.25, 0.3) is 0 Å². The van der Waals surface area contributed by atoms with E-state index in [-0.39, 0.29) is 0 Å². The zero-order valence-electron chi connectivity index (χ0n) is 11.8. The largest absolute Gasteiger partial charge is 0.487 e. The van der Waals surface area contributed by atoms with Gasteiger partial charge in [-0.05, 0) is 43.7 Å². The Labute approximate surface area is 132 Å². The smallest absolute Gasteiger partial charge is 0.131 e. The number of nitrogens with zero attached hydrogens (tertiary/aromatic N) is 1. The third-order valence-corrected chi connectivity index (χ3v) is 4.57. The van der Waals surface area contributed by atoms with E-state index in [4.69, 9.17) is 4.74 Å². The number of aromatic nitrogens is 1. The van der Waals surface area contributed by atoms with E-state index in [9.17, 15) is 0 Å². The summed E-state index contributed by atoms with van der Waals surface area (Å²) in [6.07, 6.45) is 2.18. The van der Waals surface area contributed by atoms with Crippen molar-refractivity contribution < 1.29 is 4.74 Å². The van der Waals surface area contributed by atoms with E-state index in [0.717, 1.165) is 35.3 Å². The van der Waals surface area contributed by atoms with Crippen LogP contribution in [-0.4, -0.2) is 12.0 Å². The normalized spacial score (nSPS) is 10.8. The SMILES string of the molecule is CCCc1nc(COc2ccc(Br)c(CNC)c2)cs1.